The van der Waals surface area contributed by atoms with Gasteiger partial charge in [-0.05, 0) is 43.3 Å². The fourth-order valence-electron chi connectivity index (χ4n) is 1.35. The molecule has 0 heterocycles. The van der Waals surface area contributed by atoms with Crippen LogP contribution in [0.5, 0.6) is 0 Å². The minimum atomic E-state index is 0.963. The Morgan fingerprint density at radius 1 is 1.50 bits per heavy atom. The van der Waals surface area contributed by atoms with Crippen molar-refractivity contribution in [3.05, 3.63) is 23.3 Å². The van der Waals surface area contributed by atoms with Crippen molar-refractivity contribution in [2.75, 3.05) is 0 Å². The molecule has 0 aliphatic heterocycles. The van der Waals surface area contributed by atoms with Crippen molar-refractivity contribution in [2.24, 2.45) is 4.99 Å². The van der Waals surface area contributed by atoms with E-state index in [9.17, 15) is 0 Å². The Hall–Kier alpha value is -0.760. The van der Waals surface area contributed by atoms with E-state index < -0.39 is 0 Å². The van der Waals surface area contributed by atoms with Gasteiger partial charge < -0.3 is 0 Å². The Balaban J connectivity index is 3.33. The lowest BCUT2D eigenvalue weighted by Gasteiger charge is -2.08. The summed E-state index contributed by atoms with van der Waals surface area (Å²) in [5.74, 6) is 0. The normalized spacial score (nSPS) is 9.92. The van der Waals surface area contributed by atoms with Crippen LogP contribution in [-0.2, 0) is 6.42 Å². The minimum Gasteiger partial charge on any atom is -0.264 e. The van der Waals surface area contributed by atoms with E-state index in [-0.39, 0.29) is 0 Å². The Morgan fingerprint density at radius 2 is 2.17 bits per heavy atom. The van der Waals surface area contributed by atoms with E-state index in [4.69, 9.17) is 0 Å². The summed E-state index contributed by atoms with van der Waals surface area (Å²) in [5, 5.41) is 0. The monoisotopic (exact) mass is 179 g/mol. The zero-order chi connectivity index (χ0) is 9.14. The maximum atomic E-state index is 4.37. The highest BCUT2D eigenvalue weighted by Crippen LogP contribution is 2.27. The second kappa shape index (κ2) is 3.76. The Morgan fingerprint density at radius 3 is 2.67 bits per heavy atom. The van der Waals surface area contributed by atoms with Crippen molar-refractivity contribution in [1.82, 2.24) is 0 Å². The van der Waals surface area contributed by atoms with Crippen LogP contribution in [0.1, 0.15) is 18.1 Å². The topological polar surface area (TPSA) is 12.4 Å². The van der Waals surface area contributed by atoms with Gasteiger partial charge in [-0.25, -0.2) is 0 Å². The average Bonchev–Trinajstić information content (AvgIpc) is 2.06. The molecule has 0 N–H and O–H groups in total. The molecule has 12 heavy (non-hydrogen) atoms. The summed E-state index contributed by atoms with van der Waals surface area (Å²) in [6.07, 6.45) is 0.994. The molecule has 0 aromatic heterocycles. The van der Waals surface area contributed by atoms with Crippen LogP contribution in [0.2, 0.25) is 0 Å². The first-order valence-electron chi connectivity index (χ1n) is 3.98. The molecule has 0 radical (unpaired) electrons. The van der Waals surface area contributed by atoms with Crippen LogP contribution in [0.15, 0.2) is 22.0 Å². The number of hydrogen-bond acceptors (Lipinski definition) is 2. The third-order valence-corrected chi connectivity index (χ3v) is 2.49. The fourth-order valence-corrected chi connectivity index (χ4v) is 1.75. The first kappa shape index (κ1) is 9.33. The number of nitrogens with zero attached hydrogens (tertiary/aromatic N) is 1. The second-order valence-corrected chi connectivity index (χ2v) is 3.20. The van der Waals surface area contributed by atoms with E-state index in [0.29, 0.717) is 0 Å². The van der Waals surface area contributed by atoms with Crippen LogP contribution in [-0.4, -0.2) is 6.72 Å². The van der Waals surface area contributed by atoms with E-state index in [2.05, 4.69) is 38.2 Å². The smallest absolute Gasteiger partial charge is 0.0655 e. The van der Waals surface area contributed by atoms with E-state index in [1.807, 2.05) is 12.1 Å². The fraction of sp³-hybridized carbons (Fsp3) is 0.300. The van der Waals surface area contributed by atoms with E-state index in [1.54, 1.807) is 0 Å². The largest absolute Gasteiger partial charge is 0.264 e. The average molecular weight is 179 g/mol. The third-order valence-electron chi connectivity index (χ3n) is 2.07. The van der Waals surface area contributed by atoms with Gasteiger partial charge in [0.1, 0.15) is 0 Å². The summed E-state index contributed by atoms with van der Waals surface area (Å²) < 4.78 is 0. The van der Waals surface area contributed by atoms with Crippen LogP contribution in [0.4, 0.5) is 5.69 Å². The minimum absolute atomic E-state index is 0.963. The molecule has 0 fully saturated rings. The van der Waals surface area contributed by atoms with E-state index in [1.165, 1.54) is 11.1 Å². The maximum absolute atomic E-state index is 4.37. The van der Waals surface area contributed by atoms with Gasteiger partial charge >= 0.3 is 0 Å². The summed E-state index contributed by atoms with van der Waals surface area (Å²) in [5.41, 5.74) is 3.42. The molecule has 0 amide bonds. The highest BCUT2D eigenvalue weighted by molar-refractivity contribution is 7.80. The molecule has 0 unspecified atom stereocenters. The van der Waals surface area contributed by atoms with Gasteiger partial charge in [-0.2, -0.15) is 0 Å². The van der Waals surface area contributed by atoms with Crippen molar-refractivity contribution in [3.63, 3.8) is 0 Å². The summed E-state index contributed by atoms with van der Waals surface area (Å²) in [6, 6.07) is 3.92. The summed E-state index contributed by atoms with van der Waals surface area (Å²) in [6.45, 7) is 7.70. The molecule has 1 rings (SSSR count). The lowest BCUT2D eigenvalue weighted by molar-refractivity contribution is 1.05. The Labute approximate surface area is 78.9 Å². The molecule has 0 atom stereocenters. The first-order chi connectivity index (χ1) is 5.70. The van der Waals surface area contributed by atoms with Gasteiger partial charge in [0.15, 0.2) is 0 Å². The number of rotatable bonds is 2. The zero-order valence-corrected chi connectivity index (χ0v) is 8.36. The van der Waals surface area contributed by atoms with Crippen molar-refractivity contribution in [3.8, 4) is 0 Å². The molecule has 0 saturated carbocycles. The second-order valence-electron chi connectivity index (χ2n) is 2.72. The van der Waals surface area contributed by atoms with E-state index in [0.717, 1.165) is 17.0 Å². The van der Waals surface area contributed by atoms with Crippen LogP contribution in [0.25, 0.3) is 0 Å². The van der Waals surface area contributed by atoms with Crippen molar-refractivity contribution in [2.45, 2.75) is 25.2 Å². The first-order valence-corrected chi connectivity index (χ1v) is 4.43. The van der Waals surface area contributed by atoms with Gasteiger partial charge in [-0.1, -0.05) is 6.92 Å². The molecule has 1 nitrogen and oxygen atoms in total. The molecule has 0 bridgehead atoms. The van der Waals surface area contributed by atoms with Crippen molar-refractivity contribution < 1.29 is 0 Å². The molecule has 1 aromatic rings. The van der Waals surface area contributed by atoms with Gasteiger partial charge in [-0.3, -0.25) is 4.99 Å². The molecule has 0 spiro atoms. The lowest BCUT2D eigenvalue weighted by atomic mass is 10.0. The molecule has 0 saturated heterocycles. The van der Waals surface area contributed by atoms with Crippen molar-refractivity contribution in [1.29, 1.82) is 0 Å². The summed E-state index contributed by atoms with van der Waals surface area (Å²) >= 11 is 4.37. The maximum Gasteiger partial charge on any atom is 0.0655 e. The lowest BCUT2D eigenvalue weighted by Crippen LogP contribution is -1.88. The van der Waals surface area contributed by atoms with Gasteiger partial charge in [0.2, 0.25) is 0 Å². The van der Waals surface area contributed by atoms with Crippen LogP contribution < -0.4 is 0 Å². The highest BCUT2D eigenvalue weighted by Gasteiger charge is 2.04. The predicted molar refractivity (Wildman–Crippen MR) is 57.0 cm³/mol. The third kappa shape index (κ3) is 1.53. The number of aliphatic imine (C=N–C) groups is 1. The molecule has 64 valence electrons. The van der Waals surface area contributed by atoms with Crippen LogP contribution in [0, 0.1) is 6.92 Å². The molecule has 1 aromatic carbocycles. The van der Waals surface area contributed by atoms with Crippen LogP contribution >= 0.6 is 12.6 Å². The summed E-state index contributed by atoms with van der Waals surface area (Å²) in [7, 11) is 0. The van der Waals surface area contributed by atoms with Gasteiger partial charge in [0.25, 0.3) is 0 Å². The highest BCUT2D eigenvalue weighted by atomic mass is 32.1. The molecular formula is C10H13NS. The molecule has 2 heteroatoms. The summed E-state index contributed by atoms with van der Waals surface area (Å²) in [4.78, 5) is 4.98. The molecule has 0 aliphatic rings. The SMILES string of the molecule is C=Nc1ccc(S)c(CC)c1C. The van der Waals surface area contributed by atoms with Gasteiger partial charge in [0, 0.05) is 4.90 Å². The quantitative estimate of drug-likeness (QED) is 0.529. The van der Waals surface area contributed by atoms with Gasteiger partial charge in [-0.15, -0.1) is 12.6 Å². The van der Waals surface area contributed by atoms with E-state index >= 15 is 0 Å². The van der Waals surface area contributed by atoms with Crippen molar-refractivity contribution >= 4 is 25.0 Å². The molecule has 0 aliphatic carbocycles. The predicted octanol–water partition coefficient (Wildman–Crippen LogP) is 3.18. The van der Waals surface area contributed by atoms with Crippen LogP contribution in [0.3, 0.4) is 0 Å². The van der Waals surface area contributed by atoms with Gasteiger partial charge in [0.05, 0.1) is 5.69 Å². The molecular weight excluding hydrogens is 166 g/mol. The number of thiol groups is 1. The number of benzene rings is 1. The zero-order valence-electron chi connectivity index (χ0n) is 7.46. The Bertz CT molecular complexity index is 305. The standard InChI is InChI=1S/C10H13NS/c1-4-8-7(2)9(11-3)5-6-10(8)12/h5-6,12H,3-4H2,1-2H3. The number of hydrogen-bond donors (Lipinski definition) is 1. The Kier molecular flexibility index (Phi) is 2.93.